The summed E-state index contributed by atoms with van der Waals surface area (Å²) in [7, 11) is 0. The van der Waals surface area contributed by atoms with Crippen LogP contribution in [0, 0.1) is 11.8 Å². The molecule has 0 radical (unpaired) electrons. The van der Waals surface area contributed by atoms with E-state index < -0.39 is 12.0 Å². The van der Waals surface area contributed by atoms with Crippen molar-refractivity contribution < 1.29 is 14.7 Å². The molecular formula is C14H28N2O3. The molecule has 4 N–H and O–H groups in total. The zero-order chi connectivity index (χ0) is 15.0. The van der Waals surface area contributed by atoms with Gasteiger partial charge in [-0.05, 0) is 25.7 Å². The normalized spacial score (nSPS) is 17.3. The van der Waals surface area contributed by atoms with Crippen LogP contribution < -0.4 is 11.1 Å². The molecule has 0 aromatic carbocycles. The summed E-state index contributed by atoms with van der Waals surface area (Å²) in [5, 5.41) is 11.8. The minimum absolute atomic E-state index is 0.0716. The number of amides is 1. The molecule has 2 unspecified atom stereocenters. The molecule has 0 saturated heterocycles. The van der Waals surface area contributed by atoms with Gasteiger partial charge in [-0.2, -0.15) is 0 Å². The number of carbonyl (C=O) groups excluding carboxylic acids is 1. The molecule has 0 bridgehead atoms. The molecule has 5 heteroatoms. The van der Waals surface area contributed by atoms with E-state index in [0.29, 0.717) is 0 Å². The fraction of sp³-hybridized carbons (Fsp3) is 0.857. The van der Waals surface area contributed by atoms with Crippen molar-refractivity contribution in [1.82, 2.24) is 5.32 Å². The second-order valence-electron chi connectivity index (χ2n) is 5.52. The van der Waals surface area contributed by atoms with Gasteiger partial charge in [0.25, 0.3) is 0 Å². The summed E-state index contributed by atoms with van der Waals surface area (Å²) in [6.07, 6.45) is 3.22. The summed E-state index contributed by atoms with van der Waals surface area (Å²) >= 11 is 0. The molecule has 0 fully saturated rings. The second kappa shape index (κ2) is 8.91. The number of rotatable bonds is 9. The monoisotopic (exact) mass is 272 g/mol. The van der Waals surface area contributed by atoms with Crippen LogP contribution >= 0.6 is 0 Å². The van der Waals surface area contributed by atoms with Crippen molar-refractivity contribution in [3.05, 3.63) is 0 Å². The van der Waals surface area contributed by atoms with E-state index in [1.807, 2.05) is 27.7 Å². The fourth-order valence-corrected chi connectivity index (χ4v) is 1.86. The van der Waals surface area contributed by atoms with E-state index >= 15 is 0 Å². The predicted octanol–water partition coefficient (Wildman–Crippen LogP) is 1.76. The minimum atomic E-state index is -0.967. The number of hydrogen-bond donors (Lipinski definition) is 3. The maximum absolute atomic E-state index is 11.9. The van der Waals surface area contributed by atoms with Gasteiger partial charge >= 0.3 is 5.97 Å². The summed E-state index contributed by atoms with van der Waals surface area (Å²) in [6, 6.07) is -0.657. The van der Waals surface area contributed by atoms with Gasteiger partial charge in [0.15, 0.2) is 0 Å². The summed E-state index contributed by atoms with van der Waals surface area (Å²) < 4.78 is 0. The zero-order valence-corrected chi connectivity index (χ0v) is 12.5. The molecule has 0 heterocycles. The van der Waals surface area contributed by atoms with Crippen molar-refractivity contribution >= 4 is 11.9 Å². The highest BCUT2D eigenvalue weighted by atomic mass is 16.4. The molecular weight excluding hydrogens is 244 g/mol. The van der Waals surface area contributed by atoms with Gasteiger partial charge in [0, 0.05) is 12.0 Å². The van der Waals surface area contributed by atoms with Crippen LogP contribution in [-0.4, -0.2) is 29.1 Å². The van der Waals surface area contributed by atoms with Crippen LogP contribution in [0.1, 0.15) is 53.4 Å². The first-order valence-electron chi connectivity index (χ1n) is 7.08. The van der Waals surface area contributed by atoms with Crippen LogP contribution in [0.15, 0.2) is 0 Å². The minimum Gasteiger partial charge on any atom is -0.480 e. The standard InChI is InChI=1S/C14H28N2O3/c1-5-9(2)12(14(18)19)16-13(17)10(3)7-6-8-11(4)15/h9-12H,5-8,15H2,1-4H3,(H,16,17)(H,18,19)/t9-,10?,11?,12-/m0/s1. The van der Waals surface area contributed by atoms with Crippen molar-refractivity contribution in [1.29, 1.82) is 0 Å². The smallest absolute Gasteiger partial charge is 0.326 e. The van der Waals surface area contributed by atoms with Crippen molar-refractivity contribution in [2.75, 3.05) is 0 Å². The zero-order valence-electron chi connectivity index (χ0n) is 12.5. The third-order valence-electron chi connectivity index (χ3n) is 3.52. The lowest BCUT2D eigenvalue weighted by Crippen LogP contribution is -2.46. The molecule has 0 saturated carbocycles. The van der Waals surface area contributed by atoms with Gasteiger partial charge in [-0.15, -0.1) is 0 Å². The van der Waals surface area contributed by atoms with Gasteiger partial charge in [-0.25, -0.2) is 4.79 Å². The molecule has 5 nitrogen and oxygen atoms in total. The van der Waals surface area contributed by atoms with E-state index in [-0.39, 0.29) is 23.8 Å². The van der Waals surface area contributed by atoms with E-state index in [2.05, 4.69) is 5.32 Å². The lowest BCUT2D eigenvalue weighted by Gasteiger charge is -2.22. The largest absolute Gasteiger partial charge is 0.480 e. The third-order valence-corrected chi connectivity index (χ3v) is 3.52. The summed E-state index contributed by atoms with van der Waals surface area (Å²) in [4.78, 5) is 23.1. The molecule has 0 aromatic heterocycles. The second-order valence-corrected chi connectivity index (χ2v) is 5.52. The number of nitrogens with two attached hydrogens (primary N) is 1. The van der Waals surface area contributed by atoms with Gasteiger partial charge in [0.05, 0.1) is 0 Å². The molecule has 0 aliphatic heterocycles. The van der Waals surface area contributed by atoms with Crippen LogP contribution in [0.2, 0.25) is 0 Å². The van der Waals surface area contributed by atoms with Crippen molar-refractivity contribution in [2.24, 2.45) is 17.6 Å². The Bertz CT molecular complexity index is 292. The van der Waals surface area contributed by atoms with E-state index in [4.69, 9.17) is 10.8 Å². The first-order valence-corrected chi connectivity index (χ1v) is 7.08. The van der Waals surface area contributed by atoms with E-state index in [0.717, 1.165) is 25.7 Å². The first kappa shape index (κ1) is 17.9. The molecule has 112 valence electrons. The Morgan fingerprint density at radius 2 is 1.79 bits per heavy atom. The summed E-state index contributed by atoms with van der Waals surface area (Å²) in [5.74, 6) is -1.40. The highest BCUT2D eigenvalue weighted by Crippen LogP contribution is 2.12. The van der Waals surface area contributed by atoms with Crippen molar-refractivity contribution in [2.45, 2.75) is 65.5 Å². The Balaban J connectivity index is 4.28. The van der Waals surface area contributed by atoms with E-state index in [1.165, 1.54) is 0 Å². The van der Waals surface area contributed by atoms with Gasteiger partial charge in [-0.1, -0.05) is 33.6 Å². The SMILES string of the molecule is CC[C@H](C)[C@H](NC(=O)C(C)CCCC(C)N)C(=O)O. The predicted molar refractivity (Wildman–Crippen MR) is 75.7 cm³/mol. The van der Waals surface area contributed by atoms with Gasteiger partial charge < -0.3 is 16.2 Å². The van der Waals surface area contributed by atoms with Crippen molar-refractivity contribution in [3.63, 3.8) is 0 Å². The third kappa shape index (κ3) is 7.15. The molecule has 1 amide bonds. The van der Waals surface area contributed by atoms with Crippen LogP contribution in [0.3, 0.4) is 0 Å². The van der Waals surface area contributed by atoms with Crippen LogP contribution in [0.25, 0.3) is 0 Å². The molecule has 0 aromatic rings. The summed E-state index contributed by atoms with van der Waals surface area (Å²) in [5.41, 5.74) is 5.65. The summed E-state index contributed by atoms with van der Waals surface area (Å²) in [6.45, 7) is 7.51. The van der Waals surface area contributed by atoms with E-state index in [9.17, 15) is 9.59 Å². The Morgan fingerprint density at radius 1 is 1.21 bits per heavy atom. The molecule has 0 spiro atoms. The quantitative estimate of drug-likeness (QED) is 0.596. The maximum Gasteiger partial charge on any atom is 0.326 e. The number of carbonyl (C=O) groups is 2. The average molecular weight is 272 g/mol. The fourth-order valence-electron chi connectivity index (χ4n) is 1.86. The highest BCUT2D eigenvalue weighted by molar-refractivity contribution is 5.84. The highest BCUT2D eigenvalue weighted by Gasteiger charge is 2.26. The molecule has 0 aliphatic carbocycles. The molecule has 19 heavy (non-hydrogen) atoms. The Morgan fingerprint density at radius 3 is 2.21 bits per heavy atom. The molecule has 0 aliphatic rings. The number of hydrogen-bond acceptors (Lipinski definition) is 3. The van der Waals surface area contributed by atoms with Crippen LogP contribution in [0.5, 0.6) is 0 Å². The van der Waals surface area contributed by atoms with E-state index in [1.54, 1.807) is 0 Å². The number of aliphatic carboxylic acids is 1. The topological polar surface area (TPSA) is 92.4 Å². The number of carboxylic acid groups (broad SMARTS) is 1. The van der Waals surface area contributed by atoms with Gasteiger partial charge in [0.1, 0.15) is 6.04 Å². The van der Waals surface area contributed by atoms with Crippen LogP contribution in [-0.2, 0) is 9.59 Å². The Labute approximate surface area is 115 Å². The van der Waals surface area contributed by atoms with Gasteiger partial charge in [0.2, 0.25) is 5.91 Å². The Kier molecular flexibility index (Phi) is 8.39. The van der Waals surface area contributed by atoms with Crippen LogP contribution in [0.4, 0.5) is 0 Å². The first-order chi connectivity index (χ1) is 8.79. The maximum atomic E-state index is 11.9. The lowest BCUT2D eigenvalue weighted by molar-refractivity contribution is -0.144. The van der Waals surface area contributed by atoms with Gasteiger partial charge in [-0.3, -0.25) is 4.79 Å². The number of nitrogens with one attached hydrogen (secondary N) is 1. The Hall–Kier alpha value is -1.10. The number of carboxylic acids is 1. The lowest BCUT2D eigenvalue weighted by atomic mass is 9.97. The van der Waals surface area contributed by atoms with Crippen molar-refractivity contribution in [3.8, 4) is 0 Å². The molecule has 4 atom stereocenters. The average Bonchev–Trinajstić information content (AvgIpc) is 2.33. The molecule has 0 rings (SSSR count).